The van der Waals surface area contributed by atoms with Crippen LogP contribution in [0.3, 0.4) is 0 Å². The van der Waals surface area contributed by atoms with Crippen LogP contribution in [0.5, 0.6) is 0 Å². The van der Waals surface area contributed by atoms with E-state index in [4.69, 9.17) is 4.74 Å². The maximum Gasteiger partial charge on any atom is 0.333 e. The van der Waals surface area contributed by atoms with E-state index in [1.807, 2.05) is 26.0 Å². The molecular formula is C10H16O2. The molecule has 0 fully saturated rings. The lowest BCUT2D eigenvalue weighted by atomic mass is 10.2. The first-order valence-electron chi connectivity index (χ1n) is 4.25. The molecule has 0 aromatic carbocycles. The fourth-order valence-corrected chi connectivity index (χ4v) is 0.766. The molecule has 0 aromatic rings. The topological polar surface area (TPSA) is 26.3 Å². The summed E-state index contributed by atoms with van der Waals surface area (Å²) in [5, 5.41) is 0. The molecule has 0 spiro atoms. The third-order valence-corrected chi connectivity index (χ3v) is 1.41. The van der Waals surface area contributed by atoms with Gasteiger partial charge in [0.2, 0.25) is 0 Å². The highest BCUT2D eigenvalue weighted by Crippen LogP contribution is 2.03. The highest BCUT2D eigenvalue weighted by Gasteiger charge is 2.05. The molecule has 0 aliphatic rings. The molecule has 0 aromatic heterocycles. The van der Waals surface area contributed by atoms with E-state index in [2.05, 4.69) is 0 Å². The van der Waals surface area contributed by atoms with E-state index >= 15 is 0 Å². The first-order valence-corrected chi connectivity index (χ1v) is 4.25. The summed E-state index contributed by atoms with van der Waals surface area (Å²) in [6, 6.07) is 0. The van der Waals surface area contributed by atoms with Gasteiger partial charge in [0.1, 0.15) is 0 Å². The van der Waals surface area contributed by atoms with Crippen molar-refractivity contribution in [2.24, 2.45) is 0 Å². The van der Waals surface area contributed by atoms with Crippen LogP contribution in [0, 0.1) is 0 Å². The average molecular weight is 168 g/mol. The second-order valence-corrected chi connectivity index (χ2v) is 2.29. The van der Waals surface area contributed by atoms with Crippen molar-refractivity contribution < 1.29 is 9.53 Å². The zero-order valence-corrected chi connectivity index (χ0v) is 7.96. The molecule has 2 heteroatoms. The summed E-state index contributed by atoms with van der Waals surface area (Å²) in [7, 11) is 0. The monoisotopic (exact) mass is 168 g/mol. The van der Waals surface area contributed by atoms with E-state index < -0.39 is 0 Å². The molecule has 0 unspecified atom stereocenters. The van der Waals surface area contributed by atoms with Gasteiger partial charge in [-0.05, 0) is 20.3 Å². The van der Waals surface area contributed by atoms with Crippen LogP contribution in [0.25, 0.3) is 0 Å². The minimum Gasteiger partial charge on any atom is -0.463 e. The lowest BCUT2D eigenvalue weighted by Crippen LogP contribution is -2.06. The predicted octanol–water partition coefficient (Wildman–Crippen LogP) is 2.46. The number of hydrogen-bond donors (Lipinski definition) is 0. The van der Waals surface area contributed by atoms with Gasteiger partial charge in [-0.1, -0.05) is 25.2 Å². The molecule has 0 heterocycles. The number of ether oxygens (including phenoxy) is 1. The molecule has 0 radical (unpaired) electrons. The number of rotatable bonds is 4. The normalized spacial score (nSPS) is 12.1. The Hall–Kier alpha value is -1.05. The van der Waals surface area contributed by atoms with Crippen LogP contribution < -0.4 is 0 Å². The maximum absolute atomic E-state index is 11.2. The van der Waals surface area contributed by atoms with Crippen LogP contribution in [0.1, 0.15) is 27.2 Å². The Morgan fingerprint density at radius 2 is 2.08 bits per heavy atom. The van der Waals surface area contributed by atoms with Crippen LogP contribution in [-0.4, -0.2) is 12.6 Å². The van der Waals surface area contributed by atoms with Gasteiger partial charge in [-0.3, -0.25) is 0 Å². The van der Waals surface area contributed by atoms with Crippen LogP contribution in [0.4, 0.5) is 0 Å². The van der Waals surface area contributed by atoms with Crippen LogP contribution in [0.2, 0.25) is 0 Å². The zero-order chi connectivity index (χ0) is 9.40. The van der Waals surface area contributed by atoms with Crippen molar-refractivity contribution in [3.63, 3.8) is 0 Å². The van der Waals surface area contributed by atoms with Gasteiger partial charge in [-0.2, -0.15) is 0 Å². The van der Waals surface area contributed by atoms with Gasteiger partial charge in [0.25, 0.3) is 0 Å². The Bertz CT molecular complexity index is 190. The van der Waals surface area contributed by atoms with Gasteiger partial charge in [-0.15, -0.1) is 0 Å². The summed E-state index contributed by atoms with van der Waals surface area (Å²) in [5.41, 5.74) is 0.718. The highest BCUT2D eigenvalue weighted by molar-refractivity contribution is 5.88. The number of carbonyl (C=O) groups excluding carboxylic acids is 1. The quantitative estimate of drug-likeness (QED) is 0.366. The van der Waals surface area contributed by atoms with Crippen LogP contribution >= 0.6 is 0 Å². The average Bonchev–Trinajstić information content (AvgIpc) is 2.06. The lowest BCUT2D eigenvalue weighted by molar-refractivity contribution is -0.138. The third kappa shape index (κ3) is 3.96. The fourth-order valence-electron chi connectivity index (χ4n) is 0.766. The number of hydrogen-bond acceptors (Lipinski definition) is 2. The Morgan fingerprint density at radius 1 is 1.42 bits per heavy atom. The molecule has 0 saturated heterocycles. The molecule has 0 bridgehead atoms. The van der Waals surface area contributed by atoms with Gasteiger partial charge in [0, 0.05) is 5.57 Å². The minimum atomic E-state index is -0.210. The Labute approximate surface area is 73.9 Å². The first-order chi connectivity index (χ1) is 5.76. The van der Waals surface area contributed by atoms with Crippen molar-refractivity contribution in [2.75, 3.05) is 6.61 Å². The molecule has 0 amide bonds. The van der Waals surface area contributed by atoms with Gasteiger partial charge in [-0.25, -0.2) is 4.79 Å². The smallest absolute Gasteiger partial charge is 0.333 e. The lowest BCUT2D eigenvalue weighted by Gasteiger charge is -2.02. The summed E-state index contributed by atoms with van der Waals surface area (Å²) < 4.78 is 4.85. The highest BCUT2D eigenvalue weighted by atomic mass is 16.5. The predicted molar refractivity (Wildman–Crippen MR) is 49.8 cm³/mol. The number of carbonyl (C=O) groups is 1. The van der Waals surface area contributed by atoms with E-state index in [0.29, 0.717) is 13.0 Å². The molecule has 0 aliphatic heterocycles. The van der Waals surface area contributed by atoms with Crippen LogP contribution in [-0.2, 0) is 9.53 Å². The molecule has 0 aliphatic carbocycles. The summed E-state index contributed by atoms with van der Waals surface area (Å²) in [4.78, 5) is 11.2. The third-order valence-electron chi connectivity index (χ3n) is 1.41. The van der Waals surface area contributed by atoms with Crippen molar-refractivity contribution >= 4 is 5.97 Å². The van der Waals surface area contributed by atoms with E-state index in [0.717, 1.165) is 5.57 Å². The molecule has 12 heavy (non-hydrogen) atoms. The zero-order valence-electron chi connectivity index (χ0n) is 7.96. The van der Waals surface area contributed by atoms with Crippen molar-refractivity contribution in [3.05, 3.63) is 23.8 Å². The van der Waals surface area contributed by atoms with E-state index in [-0.39, 0.29) is 5.97 Å². The first kappa shape index (κ1) is 11.0. The number of allylic oxidation sites excluding steroid dienone is 3. The van der Waals surface area contributed by atoms with Crippen LogP contribution in [0.15, 0.2) is 23.8 Å². The summed E-state index contributed by atoms with van der Waals surface area (Å²) in [5.74, 6) is -0.210. The summed E-state index contributed by atoms with van der Waals surface area (Å²) in [6.45, 7) is 6.09. The van der Waals surface area contributed by atoms with Gasteiger partial charge >= 0.3 is 5.97 Å². The molecule has 0 N–H and O–H groups in total. The molecule has 68 valence electrons. The summed E-state index contributed by atoms with van der Waals surface area (Å²) >= 11 is 0. The molecule has 0 rings (SSSR count). The maximum atomic E-state index is 11.2. The number of esters is 1. The SMILES string of the molecule is C/C=C/C=C(/CC)C(=O)OCC. The largest absolute Gasteiger partial charge is 0.463 e. The summed E-state index contributed by atoms with van der Waals surface area (Å²) in [6.07, 6.45) is 6.23. The van der Waals surface area contributed by atoms with Crippen molar-refractivity contribution in [3.8, 4) is 0 Å². The minimum absolute atomic E-state index is 0.210. The van der Waals surface area contributed by atoms with Gasteiger partial charge in [0.15, 0.2) is 0 Å². The van der Waals surface area contributed by atoms with Gasteiger partial charge < -0.3 is 4.74 Å². The standard InChI is InChI=1S/C10H16O2/c1-4-7-8-9(5-2)10(11)12-6-3/h4,7-8H,5-6H2,1-3H3/b7-4+,9-8-. The second kappa shape index (κ2) is 6.65. The van der Waals surface area contributed by atoms with E-state index in [1.165, 1.54) is 0 Å². The Balaban J connectivity index is 4.23. The molecule has 0 atom stereocenters. The van der Waals surface area contributed by atoms with E-state index in [1.54, 1.807) is 13.0 Å². The van der Waals surface area contributed by atoms with Crippen molar-refractivity contribution in [1.29, 1.82) is 0 Å². The molecule has 0 saturated carbocycles. The fraction of sp³-hybridized carbons (Fsp3) is 0.500. The molecular weight excluding hydrogens is 152 g/mol. The van der Waals surface area contributed by atoms with Crippen molar-refractivity contribution in [1.82, 2.24) is 0 Å². The van der Waals surface area contributed by atoms with Gasteiger partial charge in [0.05, 0.1) is 6.61 Å². The van der Waals surface area contributed by atoms with E-state index in [9.17, 15) is 4.79 Å². The second-order valence-electron chi connectivity index (χ2n) is 2.29. The Morgan fingerprint density at radius 3 is 2.50 bits per heavy atom. The molecule has 2 nitrogen and oxygen atoms in total. The Kier molecular flexibility index (Phi) is 6.07. The van der Waals surface area contributed by atoms with Crippen molar-refractivity contribution in [2.45, 2.75) is 27.2 Å².